The topological polar surface area (TPSA) is 20.3 Å². The van der Waals surface area contributed by atoms with Crippen LogP contribution < -0.4 is 0 Å². The molecular formula is C20H16Cl2F3NO. The normalized spacial score (nSPS) is 12.0. The van der Waals surface area contributed by atoms with Crippen LogP contribution >= 0.6 is 23.2 Å². The molecule has 0 heterocycles. The van der Waals surface area contributed by atoms with Crippen LogP contribution in [0.25, 0.3) is 12.2 Å². The molecule has 2 rings (SSSR count). The van der Waals surface area contributed by atoms with E-state index in [1.807, 2.05) is 0 Å². The molecule has 0 aliphatic carbocycles. The van der Waals surface area contributed by atoms with E-state index in [1.54, 1.807) is 60.7 Å². The lowest BCUT2D eigenvalue weighted by Gasteiger charge is -2.20. The molecule has 0 radical (unpaired) electrons. The molecule has 0 saturated heterocycles. The van der Waals surface area contributed by atoms with Gasteiger partial charge in [-0.15, -0.1) is 0 Å². The lowest BCUT2D eigenvalue weighted by atomic mass is 10.2. The van der Waals surface area contributed by atoms with Crippen molar-refractivity contribution in [2.75, 3.05) is 13.1 Å². The van der Waals surface area contributed by atoms with Gasteiger partial charge in [0.05, 0.1) is 0 Å². The SMILES string of the molecule is O=C(N(CC=Cc1cccc(Cl)c1)CC=Cc1cccc(Cl)c1)C(F)(F)F. The zero-order valence-electron chi connectivity index (χ0n) is 14.1. The number of hydrogen-bond acceptors (Lipinski definition) is 1. The van der Waals surface area contributed by atoms with Gasteiger partial charge in [0, 0.05) is 23.1 Å². The molecule has 0 aromatic heterocycles. The van der Waals surface area contributed by atoms with E-state index in [9.17, 15) is 18.0 Å². The second kappa shape index (κ2) is 9.62. The van der Waals surface area contributed by atoms with Crippen molar-refractivity contribution in [1.29, 1.82) is 0 Å². The fourth-order valence-corrected chi connectivity index (χ4v) is 2.67. The molecule has 0 atom stereocenters. The molecular weight excluding hydrogens is 398 g/mol. The summed E-state index contributed by atoms with van der Waals surface area (Å²) < 4.78 is 38.5. The number of alkyl halides is 3. The summed E-state index contributed by atoms with van der Waals surface area (Å²) >= 11 is 11.7. The molecule has 0 aliphatic rings. The van der Waals surface area contributed by atoms with Crippen LogP contribution in [0.2, 0.25) is 10.0 Å². The van der Waals surface area contributed by atoms with E-state index in [4.69, 9.17) is 23.2 Å². The van der Waals surface area contributed by atoms with Crippen LogP contribution in [0, 0.1) is 0 Å². The van der Waals surface area contributed by atoms with Gasteiger partial charge in [-0.25, -0.2) is 0 Å². The molecule has 7 heteroatoms. The van der Waals surface area contributed by atoms with E-state index in [0.29, 0.717) is 14.9 Å². The summed E-state index contributed by atoms with van der Waals surface area (Å²) in [5.74, 6) is -1.89. The highest BCUT2D eigenvalue weighted by atomic mass is 35.5. The minimum Gasteiger partial charge on any atom is -0.327 e. The maximum atomic E-state index is 12.8. The number of carbonyl (C=O) groups excluding carboxylic acids is 1. The Balaban J connectivity index is 2.08. The van der Waals surface area contributed by atoms with Gasteiger partial charge in [0.25, 0.3) is 0 Å². The van der Waals surface area contributed by atoms with Crippen LogP contribution in [-0.4, -0.2) is 30.1 Å². The third kappa shape index (κ3) is 7.12. The molecule has 0 unspecified atom stereocenters. The van der Waals surface area contributed by atoms with Crippen LogP contribution in [0.1, 0.15) is 11.1 Å². The number of hydrogen-bond donors (Lipinski definition) is 0. The van der Waals surface area contributed by atoms with Crippen LogP contribution in [0.15, 0.2) is 60.7 Å². The molecule has 0 saturated carbocycles. The Morgan fingerprint density at radius 1 is 0.889 bits per heavy atom. The summed E-state index contributed by atoms with van der Waals surface area (Å²) in [6.07, 6.45) is 1.27. The van der Waals surface area contributed by atoms with Crippen LogP contribution in [0.4, 0.5) is 13.2 Å². The summed E-state index contributed by atoms with van der Waals surface area (Å²) in [7, 11) is 0. The lowest BCUT2D eigenvalue weighted by molar-refractivity contribution is -0.184. The maximum absolute atomic E-state index is 12.8. The van der Waals surface area contributed by atoms with E-state index < -0.39 is 12.1 Å². The Labute approximate surface area is 165 Å². The Morgan fingerprint density at radius 2 is 1.33 bits per heavy atom. The van der Waals surface area contributed by atoms with Gasteiger partial charge in [-0.2, -0.15) is 13.2 Å². The summed E-state index contributed by atoms with van der Waals surface area (Å²) in [6, 6.07) is 13.7. The summed E-state index contributed by atoms with van der Waals surface area (Å²) in [5, 5.41) is 1.04. The van der Waals surface area contributed by atoms with Crippen LogP contribution in [0.3, 0.4) is 0 Å². The Morgan fingerprint density at radius 3 is 1.70 bits per heavy atom. The first-order valence-corrected chi connectivity index (χ1v) is 8.71. The molecule has 142 valence electrons. The fraction of sp³-hybridized carbons (Fsp3) is 0.150. The molecule has 2 aromatic carbocycles. The second-order valence-corrected chi connectivity index (χ2v) is 6.50. The Bertz CT molecular complexity index is 790. The van der Waals surface area contributed by atoms with Crippen molar-refractivity contribution in [2.24, 2.45) is 0 Å². The summed E-state index contributed by atoms with van der Waals surface area (Å²) in [6.45, 7) is -0.379. The zero-order chi connectivity index (χ0) is 19.9. The van der Waals surface area contributed by atoms with Crippen molar-refractivity contribution in [3.05, 3.63) is 81.9 Å². The lowest BCUT2D eigenvalue weighted by Crippen LogP contribution is -2.41. The van der Waals surface area contributed by atoms with Gasteiger partial charge in [-0.3, -0.25) is 4.79 Å². The van der Waals surface area contributed by atoms with E-state index in [0.717, 1.165) is 11.1 Å². The van der Waals surface area contributed by atoms with Crippen LogP contribution in [-0.2, 0) is 4.79 Å². The monoisotopic (exact) mass is 413 g/mol. The van der Waals surface area contributed by atoms with Gasteiger partial charge in [0.1, 0.15) is 0 Å². The van der Waals surface area contributed by atoms with Gasteiger partial charge in [-0.05, 0) is 35.4 Å². The summed E-state index contributed by atoms with van der Waals surface area (Å²) in [5.41, 5.74) is 1.47. The Kier molecular flexibility index (Phi) is 7.51. The number of nitrogens with zero attached hydrogens (tertiary/aromatic N) is 1. The van der Waals surface area contributed by atoms with Crippen molar-refractivity contribution in [3.63, 3.8) is 0 Å². The largest absolute Gasteiger partial charge is 0.471 e. The highest BCUT2D eigenvalue weighted by Gasteiger charge is 2.41. The predicted molar refractivity (Wildman–Crippen MR) is 104 cm³/mol. The number of rotatable bonds is 6. The molecule has 0 spiro atoms. The standard InChI is InChI=1S/C20H16Cl2F3NO/c21-17-9-1-5-15(13-17)7-3-11-26(19(27)20(23,24)25)12-4-8-16-6-2-10-18(22)14-16/h1-10,13-14H,11-12H2. The molecule has 1 amide bonds. The van der Waals surface area contributed by atoms with Gasteiger partial charge in [0.15, 0.2) is 0 Å². The Hall–Kier alpha value is -2.24. The zero-order valence-corrected chi connectivity index (χ0v) is 15.6. The van der Waals surface area contributed by atoms with Gasteiger partial charge >= 0.3 is 12.1 Å². The average Bonchev–Trinajstić information content (AvgIpc) is 2.59. The third-order valence-electron chi connectivity index (χ3n) is 3.50. The summed E-state index contributed by atoms with van der Waals surface area (Å²) in [4.78, 5) is 12.4. The van der Waals surface area contributed by atoms with E-state index in [2.05, 4.69) is 0 Å². The minimum atomic E-state index is -4.94. The van der Waals surface area contributed by atoms with Crippen LogP contribution in [0.5, 0.6) is 0 Å². The highest BCUT2D eigenvalue weighted by molar-refractivity contribution is 6.31. The fourth-order valence-electron chi connectivity index (χ4n) is 2.27. The number of carbonyl (C=O) groups is 1. The van der Waals surface area contributed by atoms with Crippen molar-refractivity contribution in [2.45, 2.75) is 6.18 Å². The number of halogens is 5. The molecule has 2 nitrogen and oxygen atoms in total. The van der Waals surface area contributed by atoms with Crippen molar-refractivity contribution >= 4 is 41.3 Å². The smallest absolute Gasteiger partial charge is 0.327 e. The van der Waals surface area contributed by atoms with Crippen molar-refractivity contribution < 1.29 is 18.0 Å². The second-order valence-electron chi connectivity index (χ2n) is 5.62. The quantitative estimate of drug-likeness (QED) is 0.559. The van der Waals surface area contributed by atoms with E-state index in [1.165, 1.54) is 12.2 Å². The first kappa shape index (κ1) is 21.1. The van der Waals surface area contributed by atoms with Gasteiger partial charge in [-0.1, -0.05) is 71.8 Å². The molecule has 2 aromatic rings. The first-order chi connectivity index (χ1) is 12.8. The molecule has 0 fully saturated rings. The average molecular weight is 414 g/mol. The van der Waals surface area contributed by atoms with Crippen molar-refractivity contribution in [1.82, 2.24) is 4.90 Å². The van der Waals surface area contributed by atoms with Gasteiger partial charge < -0.3 is 4.90 Å². The van der Waals surface area contributed by atoms with E-state index in [-0.39, 0.29) is 13.1 Å². The molecule has 27 heavy (non-hydrogen) atoms. The molecule has 0 bridgehead atoms. The first-order valence-electron chi connectivity index (χ1n) is 7.96. The number of benzene rings is 2. The minimum absolute atomic E-state index is 0.190. The highest BCUT2D eigenvalue weighted by Crippen LogP contribution is 2.19. The maximum Gasteiger partial charge on any atom is 0.471 e. The number of amides is 1. The molecule has 0 N–H and O–H groups in total. The third-order valence-corrected chi connectivity index (χ3v) is 3.97. The van der Waals surface area contributed by atoms with Gasteiger partial charge in [0.2, 0.25) is 0 Å². The predicted octanol–water partition coefficient (Wildman–Crippen LogP) is 6.11. The van der Waals surface area contributed by atoms with E-state index >= 15 is 0 Å². The molecule has 0 aliphatic heterocycles. The van der Waals surface area contributed by atoms with Crippen molar-refractivity contribution in [3.8, 4) is 0 Å².